The van der Waals surface area contributed by atoms with Gasteiger partial charge in [-0.15, -0.1) is 0 Å². The van der Waals surface area contributed by atoms with Crippen LogP contribution in [0.3, 0.4) is 0 Å². The molecule has 0 spiro atoms. The maximum atomic E-state index is 4.75. The molecule has 84 valence electrons. The fraction of sp³-hybridized carbons (Fsp3) is 0.538. The van der Waals surface area contributed by atoms with E-state index in [1.807, 2.05) is 0 Å². The van der Waals surface area contributed by atoms with Crippen LogP contribution in [0.15, 0.2) is 6.07 Å². The van der Waals surface area contributed by atoms with Gasteiger partial charge in [0.05, 0.1) is 5.69 Å². The van der Waals surface area contributed by atoms with Crippen LogP contribution in [0.4, 0.5) is 0 Å². The van der Waals surface area contributed by atoms with E-state index in [2.05, 4.69) is 24.6 Å². The summed E-state index contributed by atoms with van der Waals surface area (Å²) in [6.45, 7) is 5.38. The molecule has 3 heteroatoms. The van der Waals surface area contributed by atoms with Crippen molar-refractivity contribution < 1.29 is 0 Å². The first-order chi connectivity index (χ1) is 7.79. The Hall–Kier alpha value is -1.38. The quantitative estimate of drug-likeness (QED) is 0.732. The minimum Gasteiger partial charge on any atom is -0.251 e. The molecular formula is C13H17N3. The molecule has 2 heterocycles. The van der Waals surface area contributed by atoms with Gasteiger partial charge in [-0.3, -0.25) is 4.68 Å². The second-order valence-corrected chi connectivity index (χ2v) is 4.59. The van der Waals surface area contributed by atoms with Crippen LogP contribution < -0.4 is 0 Å². The van der Waals surface area contributed by atoms with Crippen LogP contribution in [-0.2, 0) is 19.4 Å². The lowest BCUT2D eigenvalue weighted by atomic mass is 10.1. The highest BCUT2D eigenvalue weighted by atomic mass is 15.3. The van der Waals surface area contributed by atoms with Gasteiger partial charge in [-0.25, -0.2) is 4.98 Å². The van der Waals surface area contributed by atoms with Crippen LogP contribution in [0.2, 0.25) is 0 Å². The molecule has 3 nitrogen and oxygen atoms in total. The van der Waals surface area contributed by atoms with Gasteiger partial charge in [0.2, 0.25) is 0 Å². The Balaban J connectivity index is 2.22. The zero-order chi connectivity index (χ0) is 11.1. The molecule has 0 radical (unpaired) electrons. The Labute approximate surface area is 95.8 Å². The van der Waals surface area contributed by atoms with E-state index in [1.165, 1.54) is 24.0 Å². The highest BCUT2D eigenvalue weighted by Gasteiger charge is 2.19. The lowest BCUT2D eigenvalue weighted by Crippen LogP contribution is -2.18. The Morgan fingerprint density at radius 2 is 2.25 bits per heavy atom. The third kappa shape index (κ3) is 1.34. The van der Waals surface area contributed by atoms with Gasteiger partial charge < -0.3 is 0 Å². The van der Waals surface area contributed by atoms with Gasteiger partial charge in [0, 0.05) is 13.0 Å². The molecule has 0 amide bonds. The van der Waals surface area contributed by atoms with Crippen LogP contribution in [0.1, 0.15) is 36.7 Å². The van der Waals surface area contributed by atoms with Crippen molar-refractivity contribution in [3.63, 3.8) is 0 Å². The molecule has 0 fully saturated rings. The van der Waals surface area contributed by atoms with Gasteiger partial charge >= 0.3 is 0 Å². The van der Waals surface area contributed by atoms with E-state index in [1.54, 1.807) is 0 Å². The summed E-state index contributed by atoms with van der Waals surface area (Å²) in [5.41, 5.74) is 4.88. The number of hydrogen-bond donors (Lipinski definition) is 0. The predicted octanol–water partition coefficient (Wildman–Crippen LogP) is 2.59. The third-order valence-electron chi connectivity index (χ3n) is 3.56. The molecule has 0 unspecified atom stereocenters. The van der Waals surface area contributed by atoms with Gasteiger partial charge in [-0.2, -0.15) is 5.10 Å². The second kappa shape index (κ2) is 3.58. The van der Waals surface area contributed by atoms with E-state index in [4.69, 9.17) is 10.1 Å². The standard InChI is InChI=1S/C13H17N3/c1-3-10-8-11-13(9(10)2)15-16-7-5-4-6-12(16)14-11/h8H,3-7H2,1-2H3. The zero-order valence-electron chi connectivity index (χ0n) is 9.95. The SMILES string of the molecule is CCc1cc2nc3n(nc-2c1C)CCCC3. The van der Waals surface area contributed by atoms with Crippen LogP contribution >= 0.6 is 0 Å². The van der Waals surface area contributed by atoms with Crippen LogP contribution in [0.25, 0.3) is 11.4 Å². The number of aromatic nitrogens is 3. The van der Waals surface area contributed by atoms with Crippen molar-refractivity contribution in [3.05, 3.63) is 23.0 Å². The summed E-state index contributed by atoms with van der Waals surface area (Å²) in [6.07, 6.45) is 4.63. The Morgan fingerprint density at radius 1 is 1.38 bits per heavy atom. The first-order valence-electron chi connectivity index (χ1n) is 6.15. The lowest BCUT2D eigenvalue weighted by molar-refractivity contribution is 0.457. The van der Waals surface area contributed by atoms with Crippen LogP contribution in [0.5, 0.6) is 0 Å². The van der Waals surface area contributed by atoms with Crippen molar-refractivity contribution in [2.75, 3.05) is 0 Å². The average Bonchev–Trinajstić information content (AvgIpc) is 2.63. The summed E-state index contributed by atoms with van der Waals surface area (Å²) < 4.78 is 2.10. The Bertz CT molecular complexity index is 499. The molecule has 0 bridgehead atoms. The van der Waals surface area contributed by atoms with Crippen molar-refractivity contribution in [1.29, 1.82) is 0 Å². The highest BCUT2D eigenvalue weighted by Crippen LogP contribution is 2.29. The second-order valence-electron chi connectivity index (χ2n) is 4.59. The zero-order valence-corrected chi connectivity index (χ0v) is 9.95. The normalized spacial score (nSPS) is 15.4. The molecule has 0 N–H and O–H groups in total. The van der Waals surface area contributed by atoms with Gasteiger partial charge in [0.25, 0.3) is 0 Å². The minimum atomic E-state index is 1.03. The number of hydrogen-bond acceptors (Lipinski definition) is 2. The summed E-state index contributed by atoms with van der Waals surface area (Å²) in [6, 6.07) is 2.20. The molecule has 3 aliphatic rings. The largest absolute Gasteiger partial charge is 0.251 e. The topological polar surface area (TPSA) is 30.7 Å². The maximum Gasteiger partial charge on any atom is 0.125 e. The predicted molar refractivity (Wildman–Crippen MR) is 63.7 cm³/mol. The fourth-order valence-corrected chi connectivity index (χ4v) is 2.55. The monoisotopic (exact) mass is 215 g/mol. The van der Waals surface area contributed by atoms with Crippen LogP contribution in [-0.4, -0.2) is 14.8 Å². The minimum absolute atomic E-state index is 1.03. The summed E-state index contributed by atoms with van der Waals surface area (Å²) in [7, 11) is 0. The highest BCUT2D eigenvalue weighted by molar-refractivity contribution is 5.65. The first-order valence-corrected chi connectivity index (χ1v) is 6.15. The number of rotatable bonds is 1. The van der Waals surface area contributed by atoms with E-state index < -0.39 is 0 Å². The molecule has 0 aromatic rings. The average molecular weight is 215 g/mol. The Kier molecular flexibility index (Phi) is 2.20. The van der Waals surface area contributed by atoms with Crippen LogP contribution in [0, 0.1) is 6.92 Å². The van der Waals surface area contributed by atoms with Crippen molar-refractivity contribution in [2.24, 2.45) is 0 Å². The smallest absolute Gasteiger partial charge is 0.125 e. The third-order valence-corrected chi connectivity index (χ3v) is 3.56. The summed E-state index contributed by atoms with van der Waals surface area (Å²) in [4.78, 5) is 4.75. The molecule has 1 aliphatic carbocycles. The van der Waals surface area contributed by atoms with E-state index in [-0.39, 0.29) is 0 Å². The molecule has 2 aliphatic heterocycles. The van der Waals surface area contributed by atoms with Gasteiger partial charge in [0.1, 0.15) is 11.5 Å². The molecule has 0 atom stereocenters. The number of fused-ring (bicyclic) bond motifs is 2. The van der Waals surface area contributed by atoms with Gasteiger partial charge in [-0.05, 0) is 43.4 Å². The van der Waals surface area contributed by atoms with Gasteiger partial charge in [0.15, 0.2) is 0 Å². The van der Waals surface area contributed by atoms with Crippen molar-refractivity contribution in [2.45, 2.75) is 46.1 Å². The lowest BCUT2D eigenvalue weighted by Gasteiger charge is -2.18. The molecule has 0 saturated heterocycles. The van der Waals surface area contributed by atoms with Crippen molar-refractivity contribution in [3.8, 4) is 11.4 Å². The van der Waals surface area contributed by atoms with Crippen molar-refractivity contribution in [1.82, 2.24) is 14.8 Å². The van der Waals surface area contributed by atoms with Gasteiger partial charge in [-0.1, -0.05) is 6.92 Å². The number of nitrogens with zero attached hydrogens (tertiary/aromatic N) is 3. The van der Waals surface area contributed by atoms with E-state index in [0.29, 0.717) is 0 Å². The number of aryl methyl sites for hydroxylation is 3. The summed E-state index contributed by atoms with van der Waals surface area (Å²) in [5, 5.41) is 4.74. The molecule has 0 saturated carbocycles. The molecule has 0 aromatic heterocycles. The van der Waals surface area contributed by atoms with E-state index >= 15 is 0 Å². The van der Waals surface area contributed by atoms with Crippen molar-refractivity contribution >= 4 is 0 Å². The fourth-order valence-electron chi connectivity index (χ4n) is 2.55. The molecular weight excluding hydrogens is 198 g/mol. The maximum absolute atomic E-state index is 4.75. The van der Waals surface area contributed by atoms with E-state index in [0.717, 1.165) is 36.6 Å². The molecule has 0 aromatic carbocycles. The summed E-state index contributed by atoms with van der Waals surface area (Å²) >= 11 is 0. The molecule has 16 heavy (non-hydrogen) atoms. The molecule has 3 rings (SSSR count). The summed E-state index contributed by atoms with van der Waals surface area (Å²) in [5.74, 6) is 1.16. The van der Waals surface area contributed by atoms with E-state index in [9.17, 15) is 0 Å². The first kappa shape index (κ1) is 9.82. The Morgan fingerprint density at radius 3 is 3.06 bits per heavy atom.